The molecule has 1 unspecified atom stereocenters. The zero-order valence-electron chi connectivity index (χ0n) is 14.2. The van der Waals surface area contributed by atoms with Crippen LogP contribution in [0, 0.1) is 19.8 Å². The molecule has 2 heteroatoms. The van der Waals surface area contributed by atoms with Crippen molar-refractivity contribution in [3.63, 3.8) is 0 Å². The molecule has 0 heterocycles. The quantitative estimate of drug-likeness (QED) is 0.767. The van der Waals surface area contributed by atoms with Gasteiger partial charge in [0.05, 0.1) is 0 Å². The molecule has 2 nitrogen and oxygen atoms in total. The van der Waals surface area contributed by atoms with Gasteiger partial charge in [0.15, 0.2) is 0 Å². The van der Waals surface area contributed by atoms with Crippen molar-refractivity contribution in [2.45, 2.75) is 53.5 Å². The Balaban J connectivity index is 2.34. The molecule has 0 bridgehead atoms. The molecule has 0 saturated carbocycles. The first kappa shape index (κ1) is 17.0. The van der Waals surface area contributed by atoms with E-state index in [1.807, 2.05) is 0 Å². The standard InChI is InChI=1S/C18H32N2/c1-14(2)7-9-17(5)19-11-12-20(6)18-10-8-15(3)13-16(18)4/h8,10,13-14,17,19H,7,9,11-12H2,1-6H3. The van der Waals surface area contributed by atoms with E-state index in [2.05, 4.69) is 70.1 Å². The first-order valence-corrected chi connectivity index (χ1v) is 7.92. The van der Waals surface area contributed by atoms with Gasteiger partial charge in [-0.3, -0.25) is 0 Å². The summed E-state index contributed by atoms with van der Waals surface area (Å²) in [5, 5.41) is 3.63. The van der Waals surface area contributed by atoms with Gasteiger partial charge in [-0.1, -0.05) is 31.5 Å². The Morgan fingerprint density at radius 3 is 2.40 bits per heavy atom. The zero-order chi connectivity index (χ0) is 15.1. The Morgan fingerprint density at radius 1 is 1.10 bits per heavy atom. The van der Waals surface area contributed by atoms with Crippen LogP contribution in [0.25, 0.3) is 0 Å². The van der Waals surface area contributed by atoms with Crippen LogP contribution in [0.5, 0.6) is 0 Å². The van der Waals surface area contributed by atoms with Crippen molar-refractivity contribution in [1.82, 2.24) is 5.32 Å². The van der Waals surface area contributed by atoms with E-state index in [1.54, 1.807) is 0 Å². The van der Waals surface area contributed by atoms with E-state index in [0.717, 1.165) is 19.0 Å². The van der Waals surface area contributed by atoms with Crippen molar-refractivity contribution in [1.29, 1.82) is 0 Å². The Kier molecular flexibility index (Phi) is 7.08. The molecule has 20 heavy (non-hydrogen) atoms. The molecule has 0 aliphatic carbocycles. The fourth-order valence-electron chi connectivity index (χ4n) is 2.52. The molecule has 1 N–H and O–H groups in total. The monoisotopic (exact) mass is 276 g/mol. The van der Waals surface area contributed by atoms with E-state index in [9.17, 15) is 0 Å². The van der Waals surface area contributed by atoms with E-state index in [-0.39, 0.29) is 0 Å². The van der Waals surface area contributed by atoms with Gasteiger partial charge in [0.1, 0.15) is 0 Å². The van der Waals surface area contributed by atoms with E-state index < -0.39 is 0 Å². The summed E-state index contributed by atoms with van der Waals surface area (Å²) in [5.74, 6) is 0.803. The van der Waals surface area contributed by atoms with Gasteiger partial charge in [-0.25, -0.2) is 0 Å². The summed E-state index contributed by atoms with van der Waals surface area (Å²) in [6.07, 6.45) is 2.58. The fraction of sp³-hybridized carbons (Fsp3) is 0.667. The molecule has 0 spiro atoms. The van der Waals surface area contributed by atoms with Crippen molar-refractivity contribution in [2.24, 2.45) is 5.92 Å². The predicted octanol–water partition coefficient (Wildman–Crippen LogP) is 4.15. The minimum absolute atomic E-state index is 0.616. The van der Waals surface area contributed by atoms with Gasteiger partial charge in [0.2, 0.25) is 0 Å². The number of likely N-dealkylation sites (N-methyl/N-ethyl adjacent to an activating group) is 1. The number of rotatable bonds is 8. The van der Waals surface area contributed by atoms with E-state index in [4.69, 9.17) is 0 Å². The van der Waals surface area contributed by atoms with Gasteiger partial charge in [-0.05, 0) is 51.2 Å². The minimum Gasteiger partial charge on any atom is -0.373 e. The summed E-state index contributed by atoms with van der Waals surface area (Å²) >= 11 is 0. The third kappa shape index (κ3) is 5.96. The first-order valence-electron chi connectivity index (χ1n) is 7.92. The summed E-state index contributed by atoms with van der Waals surface area (Å²) in [6.45, 7) is 13.3. The highest BCUT2D eigenvalue weighted by Gasteiger charge is 2.06. The fourth-order valence-corrected chi connectivity index (χ4v) is 2.52. The molecule has 0 aromatic heterocycles. The lowest BCUT2D eigenvalue weighted by Crippen LogP contribution is -2.34. The maximum Gasteiger partial charge on any atom is 0.0393 e. The summed E-state index contributed by atoms with van der Waals surface area (Å²) < 4.78 is 0. The first-order chi connectivity index (χ1) is 9.40. The second-order valence-electron chi connectivity index (χ2n) is 6.54. The number of anilines is 1. The number of hydrogen-bond donors (Lipinski definition) is 1. The molecule has 0 amide bonds. The van der Waals surface area contributed by atoms with Crippen LogP contribution in [0.3, 0.4) is 0 Å². The largest absolute Gasteiger partial charge is 0.373 e. The van der Waals surface area contributed by atoms with Gasteiger partial charge in [-0.15, -0.1) is 0 Å². The number of hydrogen-bond acceptors (Lipinski definition) is 2. The second kappa shape index (κ2) is 8.31. The van der Waals surface area contributed by atoms with Crippen LogP contribution in [0.1, 0.15) is 44.7 Å². The molecule has 0 radical (unpaired) electrons. The molecule has 0 aliphatic heterocycles. The van der Waals surface area contributed by atoms with Crippen molar-refractivity contribution in [2.75, 3.05) is 25.0 Å². The van der Waals surface area contributed by atoms with Crippen LogP contribution in [-0.4, -0.2) is 26.2 Å². The predicted molar refractivity (Wildman–Crippen MR) is 90.7 cm³/mol. The summed E-state index contributed by atoms with van der Waals surface area (Å²) in [6, 6.07) is 7.29. The van der Waals surface area contributed by atoms with Crippen LogP contribution in [0.2, 0.25) is 0 Å². The van der Waals surface area contributed by atoms with Crippen LogP contribution in [0.15, 0.2) is 18.2 Å². The molecule has 0 aliphatic rings. The lowest BCUT2D eigenvalue weighted by molar-refractivity contribution is 0.454. The lowest BCUT2D eigenvalue weighted by Gasteiger charge is -2.23. The Morgan fingerprint density at radius 2 is 1.80 bits per heavy atom. The van der Waals surface area contributed by atoms with E-state index in [0.29, 0.717) is 6.04 Å². The van der Waals surface area contributed by atoms with E-state index >= 15 is 0 Å². The number of benzene rings is 1. The molecule has 1 aromatic carbocycles. The summed E-state index contributed by atoms with van der Waals surface area (Å²) in [7, 11) is 2.18. The third-order valence-electron chi connectivity index (χ3n) is 3.88. The molecular formula is C18H32N2. The Hall–Kier alpha value is -1.02. The highest BCUT2D eigenvalue weighted by molar-refractivity contribution is 5.53. The lowest BCUT2D eigenvalue weighted by atomic mass is 10.0. The highest BCUT2D eigenvalue weighted by atomic mass is 15.1. The molecule has 1 rings (SSSR count). The topological polar surface area (TPSA) is 15.3 Å². The molecule has 0 saturated heterocycles. The van der Waals surface area contributed by atoms with E-state index in [1.165, 1.54) is 29.7 Å². The van der Waals surface area contributed by atoms with Crippen molar-refractivity contribution < 1.29 is 0 Å². The van der Waals surface area contributed by atoms with Crippen LogP contribution in [-0.2, 0) is 0 Å². The maximum atomic E-state index is 3.63. The van der Waals surface area contributed by atoms with Crippen molar-refractivity contribution in [3.05, 3.63) is 29.3 Å². The number of nitrogens with zero attached hydrogens (tertiary/aromatic N) is 1. The zero-order valence-corrected chi connectivity index (χ0v) is 14.2. The van der Waals surface area contributed by atoms with Gasteiger partial charge in [0, 0.05) is 31.9 Å². The molecular weight excluding hydrogens is 244 g/mol. The minimum atomic E-state index is 0.616. The summed E-state index contributed by atoms with van der Waals surface area (Å²) in [5.41, 5.74) is 4.03. The average molecular weight is 276 g/mol. The van der Waals surface area contributed by atoms with Crippen LogP contribution < -0.4 is 10.2 Å². The average Bonchev–Trinajstić information content (AvgIpc) is 2.36. The highest BCUT2D eigenvalue weighted by Crippen LogP contribution is 2.19. The normalized spacial score (nSPS) is 12.8. The molecule has 1 atom stereocenters. The van der Waals surface area contributed by atoms with Gasteiger partial charge in [-0.2, -0.15) is 0 Å². The molecule has 1 aromatic rings. The van der Waals surface area contributed by atoms with Crippen molar-refractivity contribution >= 4 is 5.69 Å². The SMILES string of the molecule is Cc1ccc(N(C)CCNC(C)CCC(C)C)c(C)c1. The molecule has 114 valence electrons. The van der Waals surface area contributed by atoms with Gasteiger partial charge < -0.3 is 10.2 Å². The van der Waals surface area contributed by atoms with Crippen molar-refractivity contribution in [3.8, 4) is 0 Å². The Labute approximate surface area is 125 Å². The molecule has 0 fully saturated rings. The van der Waals surface area contributed by atoms with Crippen LogP contribution >= 0.6 is 0 Å². The second-order valence-corrected chi connectivity index (χ2v) is 6.54. The number of nitrogens with one attached hydrogen (secondary N) is 1. The van der Waals surface area contributed by atoms with Gasteiger partial charge in [0.25, 0.3) is 0 Å². The Bertz CT molecular complexity index is 398. The van der Waals surface area contributed by atoms with Crippen LogP contribution in [0.4, 0.5) is 5.69 Å². The smallest absolute Gasteiger partial charge is 0.0393 e. The summed E-state index contributed by atoms with van der Waals surface area (Å²) in [4.78, 5) is 2.34. The number of aryl methyl sites for hydroxylation is 2. The maximum absolute atomic E-state index is 3.63. The van der Waals surface area contributed by atoms with Gasteiger partial charge >= 0.3 is 0 Å². The third-order valence-corrected chi connectivity index (χ3v) is 3.88.